The predicted octanol–water partition coefficient (Wildman–Crippen LogP) is 3.52. The van der Waals surface area contributed by atoms with Crippen molar-refractivity contribution in [3.63, 3.8) is 0 Å². The van der Waals surface area contributed by atoms with E-state index in [1.165, 1.54) is 5.56 Å². The standard InChI is InChI=1S/C11H15IO2/c1-4-14-10-6-8(7(2)3)5-9(12)11(10)13/h5-7,13H,4H2,1-3H3. The van der Waals surface area contributed by atoms with E-state index in [1.54, 1.807) is 0 Å². The molecule has 2 nitrogen and oxygen atoms in total. The van der Waals surface area contributed by atoms with Crippen molar-refractivity contribution in [2.24, 2.45) is 0 Å². The number of aromatic hydroxyl groups is 1. The molecule has 1 aromatic rings. The van der Waals surface area contributed by atoms with Gasteiger partial charge >= 0.3 is 0 Å². The van der Waals surface area contributed by atoms with Crippen LogP contribution >= 0.6 is 22.6 Å². The molecule has 0 unspecified atom stereocenters. The van der Waals surface area contributed by atoms with E-state index in [4.69, 9.17) is 4.74 Å². The van der Waals surface area contributed by atoms with Gasteiger partial charge < -0.3 is 9.84 Å². The van der Waals surface area contributed by atoms with Crippen molar-refractivity contribution in [3.05, 3.63) is 21.3 Å². The highest BCUT2D eigenvalue weighted by molar-refractivity contribution is 14.1. The minimum atomic E-state index is 0.247. The molecule has 1 rings (SSSR count). The second-order valence-electron chi connectivity index (χ2n) is 3.44. The smallest absolute Gasteiger partial charge is 0.171 e. The highest BCUT2D eigenvalue weighted by Crippen LogP contribution is 2.34. The van der Waals surface area contributed by atoms with Crippen LogP contribution in [0.2, 0.25) is 0 Å². The van der Waals surface area contributed by atoms with Crippen molar-refractivity contribution in [3.8, 4) is 11.5 Å². The van der Waals surface area contributed by atoms with Crippen molar-refractivity contribution in [1.82, 2.24) is 0 Å². The topological polar surface area (TPSA) is 29.5 Å². The molecule has 0 aliphatic carbocycles. The molecule has 1 aromatic carbocycles. The number of phenolic OH excluding ortho intramolecular Hbond substituents is 1. The molecular weight excluding hydrogens is 291 g/mol. The van der Waals surface area contributed by atoms with E-state index in [1.807, 2.05) is 19.1 Å². The van der Waals surface area contributed by atoms with Gasteiger partial charge in [0.15, 0.2) is 11.5 Å². The zero-order chi connectivity index (χ0) is 10.7. The molecule has 0 aliphatic rings. The van der Waals surface area contributed by atoms with Crippen LogP contribution in [0.4, 0.5) is 0 Å². The number of ether oxygens (including phenoxy) is 1. The first kappa shape index (κ1) is 11.6. The van der Waals surface area contributed by atoms with Crippen LogP contribution in [0.25, 0.3) is 0 Å². The Labute approximate surface area is 98.4 Å². The number of hydrogen-bond donors (Lipinski definition) is 1. The summed E-state index contributed by atoms with van der Waals surface area (Å²) in [7, 11) is 0. The van der Waals surface area contributed by atoms with E-state index in [2.05, 4.69) is 36.4 Å². The molecule has 0 spiro atoms. The first-order valence-corrected chi connectivity index (χ1v) is 5.79. The summed E-state index contributed by atoms with van der Waals surface area (Å²) in [5, 5.41) is 9.70. The summed E-state index contributed by atoms with van der Waals surface area (Å²) in [4.78, 5) is 0. The molecule has 78 valence electrons. The maximum atomic E-state index is 9.70. The third-order valence-electron chi connectivity index (χ3n) is 2.02. The Bertz CT molecular complexity index is 321. The molecule has 14 heavy (non-hydrogen) atoms. The van der Waals surface area contributed by atoms with Gasteiger partial charge in [-0.2, -0.15) is 0 Å². The SMILES string of the molecule is CCOc1cc(C(C)C)cc(I)c1O. The maximum Gasteiger partial charge on any atom is 0.171 e. The average molecular weight is 306 g/mol. The average Bonchev–Trinajstić information content (AvgIpc) is 2.12. The molecule has 0 bridgehead atoms. The van der Waals surface area contributed by atoms with Gasteiger partial charge in [-0.05, 0) is 53.1 Å². The van der Waals surface area contributed by atoms with Crippen molar-refractivity contribution in [1.29, 1.82) is 0 Å². The Morgan fingerprint density at radius 1 is 1.43 bits per heavy atom. The molecule has 0 aliphatic heterocycles. The molecule has 0 saturated carbocycles. The quantitative estimate of drug-likeness (QED) is 0.866. The third-order valence-corrected chi connectivity index (χ3v) is 2.84. The summed E-state index contributed by atoms with van der Waals surface area (Å²) >= 11 is 2.12. The number of hydrogen-bond acceptors (Lipinski definition) is 2. The Morgan fingerprint density at radius 3 is 2.57 bits per heavy atom. The van der Waals surface area contributed by atoms with Crippen molar-refractivity contribution >= 4 is 22.6 Å². The first-order valence-electron chi connectivity index (χ1n) is 4.71. The minimum Gasteiger partial charge on any atom is -0.504 e. The van der Waals surface area contributed by atoms with E-state index in [0.717, 1.165) is 3.57 Å². The minimum absolute atomic E-state index is 0.247. The molecule has 3 heteroatoms. The van der Waals surface area contributed by atoms with Crippen molar-refractivity contribution in [2.45, 2.75) is 26.7 Å². The van der Waals surface area contributed by atoms with E-state index >= 15 is 0 Å². The second-order valence-corrected chi connectivity index (χ2v) is 4.60. The van der Waals surface area contributed by atoms with Crippen LogP contribution in [0, 0.1) is 3.57 Å². The van der Waals surface area contributed by atoms with Crippen LogP contribution in [0.15, 0.2) is 12.1 Å². The van der Waals surface area contributed by atoms with Gasteiger partial charge in [-0.3, -0.25) is 0 Å². The van der Waals surface area contributed by atoms with Crippen LogP contribution < -0.4 is 4.74 Å². The second kappa shape index (κ2) is 4.87. The van der Waals surface area contributed by atoms with Gasteiger partial charge in [-0.1, -0.05) is 13.8 Å². The molecule has 0 saturated heterocycles. The van der Waals surface area contributed by atoms with Crippen molar-refractivity contribution in [2.75, 3.05) is 6.61 Å². The Hall–Kier alpha value is -0.450. The van der Waals surface area contributed by atoms with Gasteiger partial charge in [-0.25, -0.2) is 0 Å². The lowest BCUT2D eigenvalue weighted by atomic mass is 10.0. The fourth-order valence-electron chi connectivity index (χ4n) is 1.19. The highest BCUT2D eigenvalue weighted by atomic mass is 127. The van der Waals surface area contributed by atoms with Crippen LogP contribution in [-0.4, -0.2) is 11.7 Å². The maximum absolute atomic E-state index is 9.70. The molecule has 0 heterocycles. The Balaban J connectivity index is 3.14. The molecule has 0 fully saturated rings. The summed E-state index contributed by atoms with van der Waals surface area (Å²) in [6.07, 6.45) is 0. The fourth-order valence-corrected chi connectivity index (χ4v) is 1.82. The lowest BCUT2D eigenvalue weighted by molar-refractivity contribution is 0.316. The predicted molar refractivity (Wildman–Crippen MR) is 66.1 cm³/mol. The van der Waals surface area contributed by atoms with E-state index in [9.17, 15) is 5.11 Å². The third kappa shape index (κ3) is 2.53. The molecule has 0 radical (unpaired) electrons. The first-order chi connectivity index (χ1) is 6.56. The van der Waals surface area contributed by atoms with Gasteiger partial charge in [0.05, 0.1) is 10.2 Å². The van der Waals surface area contributed by atoms with Crippen LogP contribution in [0.5, 0.6) is 11.5 Å². The summed E-state index contributed by atoms with van der Waals surface area (Å²) in [5.74, 6) is 1.28. The normalized spacial score (nSPS) is 10.6. The van der Waals surface area contributed by atoms with Gasteiger partial charge in [0, 0.05) is 0 Å². The van der Waals surface area contributed by atoms with E-state index in [-0.39, 0.29) is 5.75 Å². The van der Waals surface area contributed by atoms with Crippen LogP contribution in [0.1, 0.15) is 32.3 Å². The zero-order valence-electron chi connectivity index (χ0n) is 8.67. The van der Waals surface area contributed by atoms with E-state index < -0.39 is 0 Å². The Kier molecular flexibility index (Phi) is 4.04. The summed E-state index contributed by atoms with van der Waals surface area (Å²) in [5.41, 5.74) is 1.19. The van der Waals surface area contributed by atoms with Gasteiger partial charge in [0.25, 0.3) is 0 Å². The zero-order valence-corrected chi connectivity index (χ0v) is 10.8. The van der Waals surface area contributed by atoms with Crippen LogP contribution in [0.3, 0.4) is 0 Å². The van der Waals surface area contributed by atoms with Gasteiger partial charge in [0.1, 0.15) is 0 Å². The van der Waals surface area contributed by atoms with Crippen LogP contribution in [-0.2, 0) is 0 Å². The summed E-state index contributed by atoms with van der Waals surface area (Å²) in [6.45, 7) is 6.73. The number of benzene rings is 1. The summed E-state index contributed by atoms with van der Waals surface area (Å²) < 4.78 is 6.20. The van der Waals surface area contributed by atoms with Gasteiger partial charge in [-0.15, -0.1) is 0 Å². The lowest BCUT2D eigenvalue weighted by Crippen LogP contribution is -1.96. The molecule has 0 aromatic heterocycles. The lowest BCUT2D eigenvalue weighted by Gasteiger charge is -2.12. The largest absolute Gasteiger partial charge is 0.504 e. The monoisotopic (exact) mass is 306 g/mol. The van der Waals surface area contributed by atoms with Gasteiger partial charge in [0.2, 0.25) is 0 Å². The Morgan fingerprint density at radius 2 is 2.07 bits per heavy atom. The molecule has 0 amide bonds. The highest BCUT2D eigenvalue weighted by Gasteiger charge is 2.10. The molecular formula is C11H15IO2. The number of rotatable bonds is 3. The fraction of sp³-hybridized carbons (Fsp3) is 0.455. The van der Waals surface area contributed by atoms with E-state index in [0.29, 0.717) is 18.3 Å². The summed E-state index contributed by atoms with van der Waals surface area (Å²) in [6, 6.07) is 3.90. The molecule has 0 atom stereocenters. The number of phenols is 1. The number of halogens is 1. The molecule has 1 N–H and O–H groups in total. The van der Waals surface area contributed by atoms with Crippen molar-refractivity contribution < 1.29 is 9.84 Å².